The maximum atomic E-state index is 6.16. The van der Waals surface area contributed by atoms with Crippen LogP contribution in [0.4, 0.5) is 0 Å². The van der Waals surface area contributed by atoms with Gasteiger partial charge in [0.2, 0.25) is 0 Å². The topological polar surface area (TPSA) is 9.23 Å². The number of hydrogen-bond acceptors (Lipinski definition) is 1. The standard InChI is InChI=1S/C12H8AsClO/c14-9-5-3-7-11-12(9)13-8-4-1-2-6-10(8)15-11/h1-7,13H. The first-order chi connectivity index (χ1) is 7.34. The molecule has 3 heteroatoms. The quantitative estimate of drug-likeness (QED) is 0.570. The third kappa shape index (κ3) is 1.56. The fraction of sp³-hybridized carbons (Fsp3) is 0. The van der Waals surface area contributed by atoms with E-state index in [9.17, 15) is 0 Å². The summed E-state index contributed by atoms with van der Waals surface area (Å²) in [6.45, 7) is 0. The first-order valence-corrected chi connectivity index (χ1v) is 7.14. The van der Waals surface area contributed by atoms with E-state index in [4.69, 9.17) is 16.3 Å². The van der Waals surface area contributed by atoms with Gasteiger partial charge in [-0.2, -0.15) is 0 Å². The molecule has 0 aromatic heterocycles. The van der Waals surface area contributed by atoms with Crippen molar-refractivity contribution in [1.82, 2.24) is 0 Å². The van der Waals surface area contributed by atoms with Gasteiger partial charge in [-0.25, -0.2) is 0 Å². The van der Waals surface area contributed by atoms with Crippen molar-refractivity contribution >= 4 is 36.1 Å². The van der Waals surface area contributed by atoms with E-state index < -0.39 is 0 Å². The predicted octanol–water partition coefficient (Wildman–Crippen LogP) is 1.83. The van der Waals surface area contributed by atoms with E-state index in [-0.39, 0.29) is 15.8 Å². The minimum atomic E-state index is -0.347. The van der Waals surface area contributed by atoms with Gasteiger partial charge in [0.05, 0.1) is 0 Å². The summed E-state index contributed by atoms with van der Waals surface area (Å²) in [7, 11) is 0. The van der Waals surface area contributed by atoms with Crippen LogP contribution in [-0.2, 0) is 0 Å². The Hall–Kier alpha value is -0.912. The van der Waals surface area contributed by atoms with E-state index in [2.05, 4.69) is 6.07 Å². The number of benzene rings is 2. The minimum absolute atomic E-state index is 0.347. The van der Waals surface area contributed by atoms with Crippen LogP contribution < -0.4 is 13.4 Å². The molecule has 0 spiro atoms. The van der Waals surface area contributed by atoms with Gasteiger partial charge in [-0.1, -0.05) is 0 Å². The van der Waals surface area contributed by atoms with Gasteiger partial charge in [-0.3, -0.25) is 0 Å². The van der Waals surface area contributed by atoms with Crippen LogP contribution in [0, 0.1) is 0 Å². The zero-order chi connectivity index (χ0) is 10.3. The second-order valence-electron chi connectivity index (χ2n) is 3.34. The molecule has 0 fully saturated rings. The van der Waals surface area contributed by atoms with E-state index in [0.717, 1.165) is 16.5 Å². The van der Waals surface area contributed by atoms with E-state index >= 15 is 0 Å². The Morgan fingerprint density at radius 1 is 0.933 bits per heavy atom. The molecule has 1 aliphatic rings. The third-order valence-corrected chi connectivity index (χ3v) is 6.03. The summed E-state index contributed by atoms with van der Waals surface area (Å²) >= 11 is 5.81. The van der Waals surface area contributed by atoms with E-state index in [0.29, 0.717) is 0 Å². The van der Waals surface area contributed by atoms with Crippen molar-refractivity contribution in [2.24, 2.45) is 0 Å². The molecule has 2 aromatic carbocycles. The molecule has 0 saturated carbocycles. The zero-order valence-electron chi connectivity index (χ0n) is 7.83. The average Bonchev–Trinajstić information content (AvgIpc) is 2.27. The van der Waals surface area contributed by atoms with Gasteiger partial charge < -0.3 is 0 Å². The Bertz CT molecular complexity index is 525. The van der Waals surface area contributed by atoms with Crippen LogP contribution >= 0.6 is 11.6 Å². The third-order valence-electron chi connectivity index (χ3n) is 2.34. The van der Waals surface area contributed by atoms with Crippen LogP contribution in [0.25, 0.3) is 0 Å². The van der Waals surface area contributed by atoms with Gasteiger partial charge in [0.15, 0.2) is 0 Å². The molecular formula is C12H8AsClO. The number of halogens is 1. The molecule has 0 radical (unpaired) electrons. The van der Waals surface area contributed by atoms with Crippen LogP contribution in [0.5, 0.6) is 11.5 Å². The number of fused-ring (bicyclic) bond motifs is 2. The molecule has 1 aliphatic heterocycles. The second kappa shape index (κ2) is 3.59. The predicted molar refractivity (Wildman–Crippen MR) is 64.4 cm³/mol. The second-order valence-corrected chi connectivity index (χ2v) is 6.45. The number of para-hydroxylation sites is 1. The van der Waals surface area contributed by atoms with Crippen molar-refractivity contribution in [3.63, 3.8) is 0 Å². The van der Waals surface area contributed by atoms with Gasteiger partial charge in [0.25, 0.3) is 0 Å². The molecule has 2 aromatic rings. The van der Waals surface area contributed by atoms with Gasteiger partial charge in [-0.05, 0) is 0 Å². The SMILES string of the molecule is Clc1cccc2c1[AsH]c1ccccc1O2. The monoisotopic (exact) mass is 278 g/mol. The molecule has 1 heterocycles. The molecule has 0 bridgehead atoms. The number of hydrogen-bond donors (Lipinski definition) is 0. The average molecular weight is 279 g/mol. The fourth-order valence-corrected chi connectivity index (χ4v) is 4.48. The Morgan fingerprint density at radius 3 is 2.67 bits per heavy atom. The van der Waals surface area contributed by atoms with Crippen LogP contribution in [-0.4, -0.2) is 15.8 Å². The molecule has 0 N–H and O–H groups in total. The van der Waals surface area contributed by atoms with Gasteiger partial charge >= 0.3 is 99.8 Å². The molecule has 3 rings (SSSR count). The van der Waals surface area contributed by atoms with Crippen molar-refractivity contribution in [1.29, 1.82) is 0 Å². The number of ether oxygens (including phenoxy) is 1. The van der Waals surface area contributed by atoms with Gasteiger partial charge in [0, 0.05) is 0 Å². The Morgan fingerprint density at radius 2 is 1.73 bits per heavy atom. The normalized spacial score (nSPS) is 14.2. The van der Waals surface area contributed by atoms with E-state index in [1.165, 1.54) is 8.70 Å². The van der Waals surface area contributed by atoms with Crippen LogP contribution in [0.1, 0.15) is 0 Å². The molecule has 15 heavy (non-hydrogen) atoms. The summed E-state index contributed by atoms with van der Waals surface area (Å²) in [6.07, 6.45) is 0. The fourth-order valence-electron chi connectivity index (χ4n) is 1.62. The Labute approximate surface area is 99.7 Å². The molecule has 0 saturated heterocycles. The van der Waals surface area contributed by atoms with Crippen molar-refractivity contribution in [3.8, 4) is 11.5 Å². The van der Waals surface area contributed by atoms with E-state index in [1.807, 2.05) is 36.4 Å². The van der Waals surface area contributed by atoms with Crippen molar-refractivity contribution < 1.29 is 4.74 Å². The molecule has 1 atom stereocenters. The molecule has 0 amide bonds. The molecule has 1 nitrogen and oxygen atoms in total. The summed E-state index contributed by atoms with van der Waals surface area (Å²) in [5.41, 5.74) is 0. The van der Waals surface area contributed by atoms with Crippen molar-refractivity contribution in [2.45, 2.75) is 0 Å². The van der Waals surface area contributed by atoms with Crippen LogP contribution in [0.15, 0.2) is 42.5 Å². The molecule has 74 valence electrons. The van der Waals surface area contributed by atoms with E-state index in [1.54, 1.807) is 0 Å². The summed E-state index contributed by atoms with van der Waals surface area (Å²) in [4.78, 5) is 0. The molecule has 1 unspecified atom stereocenters. The van der Waals surface area contributed by atoms with Gasteiger partial charge in [0.1, 0.15) is 0 Å². The molecular weight excluding hydrogens is 271 g/mol. The van der Waals surface area contributed by atoms with Gasteiger partial charge in [-0.15, -0.1) is 0 Å². The molecule has 0 aliphatic carbocycles. The summed E-state index contributed by atoms with van der Waals surface area (Å²) in [5, 5.41) is 0.835. The first-order valence-electron chi connectivity index (χ1n) is 4.67. The maximum absolute atomic E-state index is 6.16. The first kappa shape index (κ1) is 9.32. The van der Waals surface area contributed by atoms with Crippen LogP contribution in [0.3, 0.4) is 0 Å². The van der Waals surface area contributed by atoms with Crippen molar-refractivity contribution in [3.05, 3.63) is 47.5 Å². The van der Waals surface area contributed by atoms with Crippen LogP contribution in [0.2, 0.25) is 5.02 Å². The summed E-state index contributed by atoms with van der Waals surface area (Å²) in [6, 6.07) is 14.0. The van der Waals surface area contributed by atoms with Crippen molar-refractivity contribution in [2.75, 3.05) is 0 Å². The Balaban J connectivity index is 2.15. The summed E-state index contributed by atoms with van der Waals surface area (Å²) < 4.78 is 8.33. The summed E-state index contributed by atoms with van der Waals surface area (Å²) in [5.74, 6) is 1.92. The zero-order valence-corrected chi connectivity index (χ0v) is 10.7. The Kier molecular flexibility index (Phi) is 2.23. The number of rotatable bonds is 0.